The fraction of sp³-hybridized carbons (Fsp3) is 0.176. The highest BCUT2D eigenvalue weighted by atomic mass is 16.3. The predicted octanol–water partition coefficient (Wildman–Crippen LogP) is 2.00. The maximum absolute atomic E-state index is 12.5. The molecule has 0 radical (unpaired) electrons. The maximum Gasteiger partial charge on any atom is 0.261 e. The molecule has 0 aliphatic carbocycles. The highest BCUT2D eigenvalue weighted by Crippen LogP contribution is 2.17. The highest BCUT2D eigenvalue weighted by molar-refractivity contribution is 6.06. The number of amides is 1. The third kappa shape index (κ3) is 3.17. The first-order valence-corrected chi connectivity index (χ1v) is 7.35. The topological polar surface area (TPSA) is 72.1 Å². The van der Waals surface area contributed by atoms with E-state index in [-0.39, 0.29) is 12.5 Å². The SMILES string of the molecule is Cn1ncc(C(=O)Nc2ccc(CCO)cc2)c1-n1cccc1. The third-order valence-corrected chi connectivity index (χ3v) is 3.61. The van der Waals surface area contributed by atoms with Crippen molar-refractivity contribution in [3.8, 4) is 5.82 Å². The van der Waals surface area contributed by atoms with E-state index in [2.05, 4.69) is 10.4 Å². The minimum absolute atomic E-state index is 0.113. The summed E-state index contributed by atoms with van der Waals surface area (Å²) >= 11 is 0. The van der Waals surface area contributed by atoms with Crippen LogP contribution in [0.3, 0.4) is 0 Å². The van der Waals surface area contributed by atoms with Crippen LogP contribution in [0.2, 0.25) is 0 Å². The average Bonchev–Trinajstić information content (AvgIpc) is 3.18. The number of nitrogens with one attached hydrogen (secondary N) is 1. The Balaban J connectivity index is 1.81. The number of carbonyl (C=O) groups excluding carboxylic acids is 1. The number of hydrogen-bond donors (Lipinski definition) is 2. The minimum Gasteiger partial charge on any atom is -0.396 e. The molecule has 0 fully saturated rings. The second-order valence-electron chi connectivity index (χ2n) is 5.22. The summed E-state index contributed by atoms with van der Waals surface area (Å²) in [6.07, 6.45) is 5.91. The Labute approximate surface area is 134 Å². The monoisotopic (exact) mass is 310 g/mol. The molecule has 2 aromatic heterocycles. The van der Waals surface area contributed by atoms with E-state index in [1.165, 1.54) is 0 Å². The quantitative estimate of drug-likeness (QED) is 0.757. The van der Waals surface area contributed by atoms with Crippen LogP contribution in [0.15, 0.2) is 55.0 Å². The summed E-state index contributed by atoms with van der Waals surface area (Å²) in [4.78, 5) is 12.5. The number of hydrogen-bond acceptors (Lipinski definition) is 3. The van der Waals surface area contributed by atoms with Crippen molar-refractivity contribution in [2.24, 2.45) is 7.05 Å². The van der Waals surface area contributed by atoms with Gasteiger partial charge in [-0.25, -0.2) is 0 Å². The molecule has 0 saturated heterocycles. The molecule has 2 N–H and O–H groups in total. The van der Waals surface area contributed by atoms with Crippen molar-refractivity contribution in [1.29, 1.82) is 0 Å². The molecule has 1 amide bonds. The van der Waals surface area contributed by atoms with Gasteiger partial charge in [0.15, 0.2) is 0 Å². The first kappa shape index (κ1) is 15.1. The van der Waals surface area contributed by atoms with Crippen LogP contribution < -0.4 is 5.32 Å². The first-order chi connectivity index (χ1) is 11.2. The van der Waals surface area contributed by atoms with Crippen molar-refractivity contribution in [3.63, 3.8) is 0 Å². The van der Waals surface area contributed by atoms with Gasteiger partial charge in [-0.1, -0.05) is 12.1 Å². The van der Waals surface area contributed by atoms with Crippen LogP contribution in [-0.2, 0) is 13.5 Å². The molecule has 23 heavy (non-hydrogen) atoms. The smallest absolute Gasteiger partial charge is 0.261 e. The zero-order valence-electron chi connectivity index (χ0n) is 12.8. The van der Waals surface area contributed by atoms with E-state index >= 15 is 0 Å². The van der Waals surface area contributed by atoms with E-state index in [4.69, 9.17) is 5.11 Å². The predicted molar refractivity (Wildman–Crippen MR) is 87.7 cm³/mol. The zero-order valence-corrected chi connectivity index (χ0v) is 12.8. The van der Waals surface area contributed by atoms with Gasteiger partial charge in [-0.2, -0.15) is 5.10 Å². The van der Waals surface area contributed by atoms with E-state index in [1.807, 2.05) is 53.4 Å². The fourth-order valence-corrected chi connectivity index (χ4v) is 2.46. The molecule has 6 heteroatoms. The van der Waals surface area contributed by atoms with Gasteiger partial charge in [0.05, 0.1) is 6.20 Å². The lowest BCUT2D eigenvalue weighted by molar-refractivity contribution is 0.102. The molecule has 6 nitrogen and oxygen atoms in total. The number of aliphatic hydroxyl groups excluding tert-OH is 1. The van der Waals surface area contributed by atoms with Gasteiger partial charge in [0, 0.05) is 31.7 Å². The lowest BCUT2D eigenvalue weighted by atomic mass is 10.1. The molecular formula is C17H18N4O2. The number of anilines is 1. The van der Waals surface area contributed by atoms with Crippen molar-refractivity contribution < 1.29 is 9.90 Å². The standard InChI is InChI=1S/C17H18N4O2/c1-20-17(21-9-2-3-10-21)15(12-18-20)16(23)19-14-6-4-13(5-7-14)8-11-22/h2-7,9-10,12,22H,8,11H2,1H3,(H,19,23). The molecule has 0 atom stereocenters. The number of aliphatic hydroxyl groups is 1. The van der Waals surface area contributed by atoms with Gasteiger partial charge in [0.25, 0.3) is 5.91 Å². The van der Waals surface area contributed by atoms with Gasteiger partial charge in [-0.05, 0) is 36.2 Å². The van der Waals surface area contributed by atoms with Crippen molar-refractivity contribution in [2.45, 2.75) is 6.42 Å². The lowest BCUT2D eigenvalue weighted by Gasteiger charge is -2.09. The van der Waals surface area contributed by atoms with Crippen LogP contribution in [0.25, 0.3) is 5.82 Å². The summed E-state index contributed by atoms with van der Waals surface area (Å²) in [6.45, 7) is 0.113. The Bertz CT molecular complexity index is 789. The number of aryl methyl sites for hydroxylation is 1. The molecule has 0 aliphatic rings. The zero-order chi connectivity index (χ0) is 16.2. The number of nitrogens with zero attached hydrogens (tertiary/aromatic N) is 3. The largest absolute Gasteiger partial charge is 0.396 e. The van der Waals surface area contributed by atoms with Crippen molar-refractivity contribution in [3.05, 3.63) is 66.1 Å². The van der Waals surface area contributed by atoms with Gasteiger partial charge in [0.2, 0.25) is 0 Å². The summed E-state index contributed by atoms with van der Waals surface area (Å²) in [6, 6.07) is 11.2. The van der Waals surface area contributed by atoms with Crippen molar-refractivity contribution >= 4 is 11.6 Å². The van der Waals surface area contributed by atoms with E-state index < -0.39 is 0 Å². The van der Waals surface area contributed by atoms with E-state index in [1.54, 1.807) is 17.9 Å². The van der Waals surface area contributed by atoms with Crippen molar-refractivity contribution in [2.75, 3.05) is 11.9 Å². The van der Waals surface area contributed by atoms with Crippen LogP contribution in [0, 0.1) is 0 Å². The number of benzene rings is 1. The summed E-state index contributed by atoms with van der Waals surface area (Å²) in [5.41, 5.74) is 2.24. The summed E-state index contributed by atoms with van der Waals surface area (Å²) in [5.74, 6) is 0.501. The highest BCUT2D eigenvalue weighted by Gasteiger charge is 2.17. The van der Waals surface area contributed by atoms with Crippen LogP contribution >= 0.6 is 0 Å². The molecule has 0 spiro atoms. The summed E-state index contributed by atoms with van der Waals surface area (Å²) in [5, 5.41) is 16.0. The van der Waals surface area contributed by atoms with Crippen LogP contribution in [0.4, 0.5) is 5.69 Å². The van der Waals surface area contributed by atoms with Crippen LogP contribution in [0.5, 0.6) is 0 Å². The van der Waals surface area contributed by atoms with E-state index in [0.29, 0.717) is 23.5 Å². The fourth-order valence-electron chi connectivity index (χ4n) is 2.46. The minimum atomic E-state index is -0.211. The Hall–Kier alpha value is -2.86. The number of rotatable bonds is 5. The van der Waals surface area contributed by atoms with Crippen LogP contribution in [-0.4, -0.2) is 32.0 Å². The molecule has 0 bridgehead atoms. The molecule has 0 aliphatic heterocycles. The molecule has 3 rings (SSSR count). The Morgan fingerprint density at radius 1 is 1.22 bits per heavy atom. The van der Waals surface area contributed by atoms with Gasteiger partial charge < -0.3 is 15.0 Å². The third-order valence-electron chi connectivity index (χ3n) is 3.61. The molecule has 0 unspecified atom stereocenters. The molecule has 1 aromatic carbocycles. The second-order valence-corrected chi connectivity index (χ2v) is 5.22. The Kier molecular flexibility index (Phi) is 4.25. The molecule has 0 saturated carbocycles. The molecular weight excluding hydrogens is 292 g/mol. The Morgan fingerprint density at radius 3 is 2.57 bits per heavy atom. The molecule has 118 valence electrons. The number of aromatic nitrogens is 3. The van der Waals surface area contributed by atoms with E-state index in [0.717, 1.165) is 5.56 Å². The van der Waals surface area contributed by atoms with Gasteiger partial charge in [-0.15, -0.1) is 0 Å². The molecule has 2 heterocycles. The van der Waals surface area contributed by atoms with Crippen LogP contribution in [0.1, 0.15) is 15.9 Å². The normalized spacial score (nSPS) is 10.7. The van der Waals surface area contributed by atoms with Gasteiger partial charge in [-0.3, -0.25) is 9.48 Å². The summed E-state index contributed by atoms with van der Waals surface area (Å²) < 4.78 is 3.52. The molecule has 3 aromatic rings. The number of carbonyl (C=O) groups is 1. The maximum atomic E-state index is 12.5. The van der Waals surface area contributed by atoms with Gasteiger partial charge >= 0.3 is 0 Å². The lowest BCUT2D eigenvalue weighted by Crippen LogP contribution is -2.15. The average molecular weight is 310 g/mol. The van der Waals surface area contributed by atoms with Crippen molar-refractivity contribution in [1.82, 2.24) is 14.3 Å². The van der Waals surface area contributed by atoms with Gasteiger partial charge in [0.1, 0.15) is 11.4 Å². The first-order valence-electron chi connectivity index (χ1n) is 7.35. The van der Waals surface area contributed by atoms with E-state index in [9.17, 15) is 4.79 Å². The second kappa shape index (κ2) is 6.50. The summed E-state index contributed by atoms with van der Waals surface area (Å²) in [7, 11) is 1.80. The Morgan fingerprint density at radius 2 is 1.91 bits per heavy atom.